The zero-order valence-electron chi connectivity index (χ0n) is 17.3. The maximum Gasteiger partial charge on any atom is 0.263 e. The van der Waals surface area contributed by atoms with Crippen LogP contribution < -0.4 is 4.72 Å². The number of anilines is 1. The minimum absolute atomic E-state index is 0.0223. The van der Waals surface area contributed by atoms with E-state index in [0.29, 0.717) is 29.3 Å². The van der Waals surface area contributed by atoms with E-state index < -0.39 is 10.0 Å². The number of carbonyl (C=O) groups is 1. The molecule has 0 amide bonds. The fourth-order valence-corrected chi connectivity index (χ4v) is 4.25. The highest BCUT2D eigenvalue weighted by Gasteiger charge is 2.15. The molecule has 4 aromatic rings. The van der Waals surface area contributed by atoms with Gasteiger partial charge in [-0.3, -0.25) is 9.52 Å². The number of hydrogen-bond acceptors (Lipinski definition) is 9. The van der Waals surface area contributed by atoms with E-state index in [-0.39, 0.29) is 26.6 Å². The zero-order chi connectivity index (χ0) is 24.1. The average molecular weight is 493 g/mol. The summed E-state index contributed by atoms with van der Waals surface area (Å²) in [5.74, 6) is 0.202. The van der Waals surface area contributed by atoms with Crippen molar-refractivity contribution in [2.24, 2.45) is 10.3 Å². The van der Waals surface area contributed by atoms with Gasteiger partial charge in [0.15, 0.2) is 10.9 Å². The quantitative estimate of drug-likeness (QED) is 0.126. The second-order valence-corrected chi connectivity index (χ2v) is 8.84. The van der Waals surface area contributed by atoms with E-state index in [2.05, 4.69) is 25.0 Å². The summed E-state index contributed by atoms with van der Waals surface area (Å²) in [6, 6.07) is 17.6. The highest BCUT2D eigenvalue weighted by Crippen LogP contribution is 2.22. The average Bonchev–Trinajstić information content (AvgIpc) is 2.85. The minimum atomic E-state index is -3.83. The van der Waals surface area contributed by atoms with Gasteiger partial charge in [-0.15, -0.1) is 5.11 Å². The molecule has 2 N–H and O–H groups in total. The largest absolute Gasteiger partial charge is 0.515 e. The molecule has 0 saturated carbocycles. The molecule has 0 aliphatic heterocycles. The first-order valence-electron chi connectivity index (χ1n) is 9.70. The summed E-state index contributed by atoms with van der Waals surface area (Å²) in [5.41, 5.74) is 1.34. The van der Waals surface area contributed by atoms with Gasteiger partial charge in [-0.05, 0) is 48.5 Å². The molecule has 0 radical (unpaired) electrons. The molecule has 0 saturated heterocycles. The molecule has 2 aromatic heterocycles. The lowest BCUT2D eigenvalue weighted by molar-refractivity contribution is -0.103. The number of pyridine rings is 1. The van der Waals surface area contributed by atoms with Crippen molar-refractivity contribution in [3.63, 3.8) is 0 Å². The monoisotopic (exact) mass is 492 g/mol. The van der Waals surface area contributed by atoms with Gasteiger partial charge in [0.1, 0.15) is 11.5 Å². The predicted molar refractivity (Wildman–Crippen MR) is 129 cm³/mol. The third-order valence-electron chi connectivity index (χ3n) is 4.58. The molecule has 34 heavy (non-hydrogen) atoms. The predicted octanol–water partition coefficient (Wildman–Crippen LogP) is 4.61. The molecule has 0 aliphatic carbocycles. The number of rotatable bonds is 7. The Morgan fingerprint density at radius 1 is 1.06 bits per heavy atom. The number of aldehydes is 1. The van der Waals surface area contributed by atoms with Crippen LogP contribution in [0.3, 0.4) is 0 Å². The van der Waals surface area contributed by atoms with E-state index in [1.807, 2.05) is 0 Å². The van der Waals surface area contributed by atoms with Crippen molar-refractivity contribution >= 4 is 56.6 Å². The molecule has 0 spiro atoms. The van der Waals surface area contributed by atoms with Crippen LogP contribution in [0.25, 0.3) is 16.6 Å². The van der Waals surface area contributed by atoms with Crippen LogP contribution in [0.1, 0.15) is 5.69 Å². The second kappa shape index (κ2) is 9.68. The van der Waals surface area contributed by atoms with Gasteiger partial charge in [-0.1, -0.05) is 35.6 Å². The first kappa shape index (κ1) is 22.9. The van der Waals surface area contributed by atoms with Crippen LogP contribution in [0.15, 0.2) is 94.4 Å². The van der Waals surface area contributed by atoms with Gasteiger partial charge < -0.3 is 5.11 Å². The molecule has 0 bridgehead atoms. The number of hydrogen-bond donors (Lipinski definition) is 2. The standard InChI is InChI=1S/C22H16N6O4S2/c29-13-15(14-30)21-22(33)28(19-6-2-1-5-18(19)24-21)27-25-16-8-10-17(11-9-16)34(31,32)26-20-7-3-4-12-23-20/h1-14,29H,(H,23,26)/b15-13+,27-25?. The van der Waals surface area contributed by atoms with E-state index in [1.165, 1.54) is 35.1 Å². The zero-order valence-corrected chi connectivity index (χ0v) is 18.9. The molecule has 2 aromatic carbocycles. The molecule has 4 rings (SSSR count). The number of aromatic nitrogens is 3. The van der Waals surface area contributed by atoms with E-state index >= 15 is 0 Å². The Kier molecular flexibility index (Phi) is 6.52. The Morgan fingerprint density at radius 3 is 2.47 bits per heavy atom. The summed E-state index contributed by atoms with van der Waals surface area (Å²) in [5, 5.41) is 17.7. The van der Waals surface area contributed by atoms with Gasteiger partial charge in [0, 0.05) is 6.20 Å². The number of aliphatic hydroxyl groups excluding tert-OH is 1. The Morgan fingerprint density at radius 2 is 1.79 bits per heavy atom. The molecule has 0 unspecified atom stereocenters. The molecule has 2 heterocycles. The molecule has 10 nitrogen and oxygen atoms in total. The highest BCUT2D eigenvalue weighted by atomic mass is 32.2. The van der Waals surface area contributed by atoms with Gasteiger partial charge in [0.05, 0.1) is 33.5 Å². The summed E-state index contributed by atoms with van der Waals surface area (Å²) >= 11 is 5.42. The Labute approximate surface area is 199 Å². The van der Waals surface area contributed by atoms with Gasteiger partial charge in [-0.2, -0.15) is 4.68 Å². The van der Waals surface area contributed by atoms with Crippen LogP contribution >= 0.6 is 12.2 Å². The SMILES string of the molecule is O=C/C(=C\O)c1nc2ccccc2n(N=Nc2ccc(S(=O)(=O)Nc3ccccn3)cc2)c1=S. The number of carbonyl (C=O) groups excluding carboxylic acids is 1. The maximum absolute atomic E-state index is 12.6. The van der Waals surface area contributed by atoms with Crippen molar-refractivity contribution < 1.29 is 18.3 Å². The van der Waals surface area contributed by atoms with Crippen molar-refractivity contribution in [3.8, 4) is 0 Å². The lowest BCUT2D eigenvalue weighted by Gasteiger charge is -2.08. The van der Waals surface area contributed by atoms with Crippen LogP contribution in [0, 0.1) is 4.64 Å². The summed E-state index contributed by atoms with van der Waals surface area (Å²) in [6.07, 6.45) is 2.54. The summed E-state index contributed by atoms with van der Waals surface area (Å²) in [7, 11) is -3.83. The van der Waals surface area contributed by atoms with E-state index in [9.17, 15) is 18.3 Å². The van der Waals surface area contributed by atoms with Crippen molar-refractivity contribution in [3.05, 3.63) is 89.5 Å². The minimum Gasteiger partial charge on any atom is -0.515 e. The maximum atomic E-state index is 12.6. The van der Waals surface area contributed by atoms with Crippen molar-refractivity contribution in [2.75, 3.05) is 4.72 Å². The summed E-state index contributed by atoms with van der Waals surface area (Å²) < 4.78 is 28.9. The Balaban J connectivity index is 1.68. The number of nitrogens with zero attached hydrogens (tertiary/aromatic N) is 5. The topological polar surface area (TPSA) is 139 Å². The number of fused-ring (bicyclic) bond motifs is 1. The highest BCUT2D eigenvalue weighted by molar-refractivity contribution is 7.92. The number of allylic oxidation sites excluding steroid dienone is 1. The van der Waals surface area contributed by atoms with Gasteiger partial charge >= 0.3 is 0 Å². The van der Waals surface area contributed by atoms with Crippen molar-refractivity contribution in [2.45, 2.75) is 4.90 Å². The number of sulfonamides is 1. The Bertz CT molecular complexity index is 1580. The van der Waals surface area contributed by atoms with Crippen LogP contribution in [0.2, 0.25) is 0 Å². The first-order chi connectivity index (χ1) is 16.4. The lowest BCUT2D eigenvalue weighted by atomic mass is 10.2. The van der Waals surface area contributed by atoms with Crippen LogP contribution in [0.5, 0.6) is 0 Å². The molecule has 0 aliphatic rings. The van der Waals surface area contributed by atoms with E-state index in [4.69, 9.17) is 12.2 Å². The van der Waals surface area contributed by atoms with Crippen LogP contribution in [-0.4, -0.2) is 34.5 Å². The third-order valence-corrected chi connectivity index (χ3v) is 6.31. The van der Waals surface area contributed by atoms with Crippen LogP contribution in [-0.2, 0) is 14.8 Å². The third kappa shape index (κ3) is 4.72. The normalized spacial score (nSPS) is 12.2. The smallest absolute Gasteiger partial charge is 0.263 e. The van der Waals surface area contributed by atoms with Gasteiger partial charge in [0.25, 0.3) is 10.0 Å². The van der Waals surface area contributed by atoms with Crippen LogP contribution in [0.4, 0.5) is 11.5 Å². The van der Waals surface area contributed by atoms with E-state index in [0.717, 1.165) is 0 Å². The van der Waals surface area contributed by atoms with Crippen molar-refractivity contribution in [1.82, 2.24) is 14.6 Å². The van der Waals surface area contributed by atoms with Crippen molar-refractivity contribution in [1.29, 1.82) is 0 Å². The van der Waals surface area contributed by atoms with E-state index in [1.54, 1.807) is 42.5 Å². The molecule has 0 atom stereocenters. The first-order valence-corrected chi connectivity index (χ1v) is 11.6. The molecular formula is C22H16N6O4S2. The number of aliphatic hydroxyl groups is 1. The molecule has 12 heteroatoms. The summed E-state index contributed by atoms with van der Waals surface area (Å²) in [4.78, 5) is 19.6. The summed E-state index contributed by atoms with van der Waals surface area (Å²) in [6.45, 7) is 0. The molecular weight excluding hydrogens is 476 g/mol. The van der Waals surface area contributed by atoms with Gasteiger partial charge in [-0.25, -0.2) is 18.4 Å². The number of nitrogens with one attached hydrogen (secondary N) is 1. The fraction of sp³-hybridized carbons (Fsp3) is 0. The number of para-hydroxylation sites is 2. The lowest BCUT2D eigenvalue weighted by Crippen LogP contribution is -2.13. The second-order valence-electron chi connectivity index (χ2n) is 6.77. The van der Waals surface area contributed by atoms with Gasteiger partial charge in [0.2, 0.25) is 0 Å². The molecule has 0 fully saturated rings. The number of benzene rings is 2. The molecule has 170 valence electrons. The Hall–Kier alpha value is -4.29. The fourth-order valence-electron chi connectivity index (χ4n) is 2.95.